The summed E-state index contributed by atoms with van der Waals surface area (Å²) in [5, 5.41) is 0. The lowest BCUT2D eigenvalue weighted by Crippen LogP contribution is -1.99. The van der Waals surface area contributed by atoms with E-state index >= 15 is 0 Å². The Balaban J connectivity index is 3.52. The molecule has 3 nitrogen and oxygen atoms in total. The van der Waals surface area contributed by atoms with Crippen LogP contribution in [0.25, 0.3) is 0 Å². The number of esters is 1. The second-order valence-electron chi connectivity index (χ2n) is 4.59. The molecular weight excluding hydrogens is 228 g/mol. The fourth-order valence-electron chi connectivity index (χ4n) is 1.86. The Hall–Kier alpha value is -1.12. The van der Waals surface area contributed by atoms with Crippen molar-refractivity contribution in [2.45, 2.75) is 71.6 Å². The van der Waals surface area contributed by atoms with Crippen LogP contribution in [0.15, 0.2) is 11.8 Å². The Morgan fingerprint density at radius 3 is 2.06 bits per heavy atom. The first-order valence-electron chi connectivity index (χ1n) is 7.03. The summed E-state index contributed by atoms with van der Waals surface area (Å²) in [6.45, 7) is 3.57. The fourth-order valence-corrected chi connectivity index (χ4v) is 1.86. The summed E-state index contributed by atoms with van der Waals surface area (Å²) in [6, 6.07) is 0. The quantitative estimate of drug-likeness (QED) is 0.183. The van der Waals surface area contributed by atoms with Gasteiger partial charge in [-0.25, -0.2) is 0 Å². The van der Waals surface area contributed by atoms with E-state index in [9.17, 15) is 9.59 Å². The van der Waals surface area contributed by atoms with E-state index in [2.05, 4.69) is 6.92 Å². The molecule has 0 aliphatic heterocycles. The van der Waals surface area contributed by atoms with Crippen molar-refractivity contribution < 1.29 is 14.3 Å². The molecule has 0 aliphatic rings. The van der Waals surface area contributed by atoms with Crippen molar-refractivity contribution in [2.75, 3.05) is 0 Å². The van der Waals surface area contributed by atoms with Gasteiger partial charge in [-0.2, -0.15) is 0 Å². The zero-order valence-electron chi connectivity index (χ0n) is 11.7. The molecule has 0 aromatic heterocycles. The number of aldehydes is 1. The molecule has 0 aliphatic carbocycles. The van der Waals surface area contributed by atoms with E-state index < -0.39 is 0 Å². The van der Waals surface area contributed by atoms with E-state index in [4.69, 9.17) is 4.74 Å². The molecule has 0 heterocycles. The van der Waals surface area contributed by atoms with Gasteiger partial charge in [-0.05, 0) is 6.42 Å². The average Bonchev–Trinajstić information content (AvgIpc) is 2.32. The Labute approximate surface area is 111 Å². The van der Waals surface area contributed by atoms with Gasteiger partial charge in [0.1, 0.15) is 12.0 Å². The molecule has 3 heteroatoms. The molecule has 104 valence electrons. The van der Waals surface area contributed by atoms with E-state index in [-0.39, 0.29) is 5.97 Å². The Morgan fingerprint density at radius 1 is 1.00 bits per heavy atom. The summed E-state index contributed by atoms with van der Waals surface area (Å²) in [5.74, 6) is 0.131. The van der Waals surface area contributed by atoms with E-state index in [0.29, 0.717) is 18.5 Å². The van der Waals surface area contributed by atoms with Crippen LogP contribution >= 0.6 is 0 Å². The molecular formula is C15H26O3. The minimum atomic E-state index is -0.359. The van der Waals surface area contributed by atoms with Crippen molar-refractivity contribution in [1.29, 1.82) is 0 Å². The lowest BCUT2D eigenvalue weighted by Gasteiger charge is -2.06. The van der Waals surface area contributed by atoms with E-state index in [1.165, 1.54) is 51.5 Å². The maximum absolute atomic E-state index is 10.8. The van der Waals surface area contributed by atoms with Crippen LogP contribution in [0.1, 0.15) is 71.6 Å². The van der Waals surface area contributed by atoms with Gasteiger partial charge in [-0.3, -0.25) is 9.59 Å². The summed E-state index contributed by atoms with van der Waals surface area (Å²) in [7, 11) is 0. The highest BCUT2D eigenvalue weighted by Crippen LogP contribution is 2.13. The number of hydrogen-bond donors (Lipinski definition) is 0. The van der Waals surface area contributed by atoms with Gasteiger partial charge < -0.3 is 4.74 Å². The first-order chi connectivity index (χ1) is 8.70. The van der Waals surface area contributed by atoms with Crippen molar-refractivity contribution in [2.24, 2.45) is 0 Å². The highest BCUT2D eigenvalue weighted by Gasteiger charge is 2.02. The van der Waals surface area contributed by atoms with Crippen molar-refractivity contribution in [3.05, 3.63) is 11.8 Å². The molecule has 0 saturated heterocycles. The lowest BCUT2D eigenvalue weighted by atomic mass is 10.1. The SMILES string of the molecule is CCCCCCCCCCC(=CC=O)OC(C)=O. The molecule has 0 N–H and O–H groups in total. The molecule has 0 bridgehead atoms. The number of unbranched alkanes of at least 4 members (excludes halogenated alkanes) is 7. The predicted octanol–water partition coefficient (Wildman–Crippen LogP) is 4.16. The summed E-state index contributed by atoms with van der Waals surface area (Å²) in [6.07, 6.45) is 12.5. The predicted molar refractivity (Wildman–Crippen MR) is 73.1 cm³/mol. The van der Waals surface area contributed by atoms with Gasteiger partial charge in [-0.15, -0.1) is 0 Å². The highest BCUT2D eigenvalue weighted by atomic mass is 16.5. The van der Waals surface area contributed by atoms with Crippen LogP contribution in [0.4, 0.5) is 0 Å². The minimum absolute atomic E-state index is 0.359. The standard InChI is InChI=1S/C15H26O3/c1-3-4-5-6-7-8-9-10-11-15(12-13-16)18-14(2)17/h12-13H,3-11H2,1-2H3. The number of hydrogen-bond acceptors (Lipinski definition) is 3. The molecule has 0 saturated carbocycles. The Kier molecular flexibility index (Phi) is 11.6. The van der Waals surface area contributed by atoms with Crippen LogP contribution in [0, 0.1) is 0 Å². The Morgan fingerprint density at radius 2 is 1.56 bits per heavy atom. The number of allylic oxidation sites excluding steroid dienone is 2. The normalized spacial score (nSPS) is 11.3. The molecule has 0 rings (SSSR count). The third-order valence-corrected chi connectivity index (χ3v) is 2.81. The summed E-state index contributed by atoms with van der Waals surface area (Å²) < 4.78 is 4.94. The van der Waals surface area contributed by atoms with Crippen molar-refractivity contribution >= 4 is 12.3 Å². The molecule has 18 heavy (non-hydrogen) atoms. The zero-order chi connectivity index (χ0) is 13.6. The summed E-state index contributed by atoms with van der Waals surface area (Å²) in [4.78, 5) is 21.2. The third-order valence-electron chi connectivity index (χ3n) is 2.81. The van der Waals surface area contributed by atoms with Gasteiger partial charge in [0.05, 0.1) is 0 Å². The van der Waals surface area contributed by atoms with E-state index in [0.717, 1.165) is 12.8 Å². The van der Waals surface area contributed by atoms with Gasteiger partial charge in [-0.1, -0.05) is 51.9 Å². The largest absolute Gasteiger partial charge is 0.431 e. The van der Waals surface area contributed by atoms with Crippen LogP contribution in [-0.4, -0.2) is 12.3 Å². The molecule has 0 aromatic rings. The van der Waals surface area contributed by atoms with Crippen LogP contribution < -0.4 is 0 Å². The van der Waals surface area contributed by atoms with Crippen LogP contribution in [-0.2, 0) is 14.3 Å². The molecule has 0 atom stereocenters. The second kappa shape index (κ2) is 12.3. The van der Waals surface area contributed by atoms with Gasteiger partial charge in [0.2, 0.25) is 0 Å². The van der Waals surface area contributed by atoms with Crippen molar-refractivity contribution in [3.63, 3.8) is 0 Å². The van der Waals surface area contributed by atoms with E-state index in [1.54, 1.807) is 0 Å². The Bertz CT molecular complexity index is 256. The van der Waals surface area contributed by atoms with Crippen LogP contribution in [0.2, 0.25) is 0 Å². The van der Waals surface area contributed by atoms with Crippen molar-refractivity contribution in [3.8, 4) is 0 Å². The number of ether oxygens (including phenoxy) is 1. The van der Waals surface area contributed by atoms with Gasteiger partial charge in [0.15, 0.2) is 0 Å². The number of carbonyl (C=O) groups excluding carboxylic acids is 2. The number of rotatable bonds is 11. The van der Waals surface area contributed by atoms with E-state index in [1.807, 2.05) is 0 Å². The summed E-state index contributed by atoms with van der Waals surface area (Å²) in [5.41, 5.74) is 0. The monoisotopic (exact) mass is 254 g/mol. The maximum atomic E-state index is 10.8. The first-order valence-corrected chi connectivity index (χ1v) is 7.03. The van der Waals surface area contributed by atoms with Crippen molar-refractivity contribution in [1.82, 2.24) is 0 Å². The third kappa shape index (κ3) is 11.4. The van der Waals surface area contributed by atoms with Gasteiger partial charge in [0, 0.05) is 19.4 Å². The molecule has 0 radical (unpaired) electrons. The molecule has 0 fully saturated rings. The fraction of sp³-hybridized carbons (Fsp3) is 0.733. The minimum Gasteiger partial charge on any atom is -0.431 e. The molecule has 0 spiro atoms. The van der Waals surface area contributed by atoms with Gasteiger partial charge in [0.25, 0.3) is 0 Å². The average molecular weight is 254 g/mol. The highest BCUT2D eigenvalue weighted by molar-refractivity contribution is 5.70. The maximum Gasteiger partial charge on any atom is 0.307 e. The smallest absolute Gasteiger partial charge is 0.307 e. The number of carbonyl (C=O) groups is 2. The van der Waals surface area contributed by atoms with Crippen LogP contribution in [0.5, 0.6) is 0 Å². The van der Waals surface area contributed by atoms with Gasteiger partial charge >= 0.3 is 5.97 Å². The molecule has 0 unspecified atom stereocenters. The first kappa shape index (κ1) is 16.9. The zero-order valence-corrected chi connectivity index (χ0v) is 11.7. The lowest BCUT2D eigenvalue weighted by molar-refractivity contribution is -0.137. The molecule has 0 aromatic carbocycles. The topological polar surface area (TPSA) is 43.4 Å². The molecule has 0 amide bonds. The second-order valence-corrected chi connectivity index (χ2v) is 4.59. The summed E-state index contributed by atoms with van der Waals surface area (Å²) >= 11 is 0. The van der Waals surface area contributed by atoms with Crippen LogP contribution in [0.3, 0.4) is 0 Å².